The highest BCUT2D eigenvalue weighted by molar-refractivity contribution is 6.24. The molecule has 11 heteroatoms. The van der Waals surface area contributed by atoms with Gasteiger partial charge in [0.2, 0.25) is 0 Å². The zero-order valence-corrected chi connectivity index (χ0v) is 15.8. The summed E-state index contributed by atoms with van der Waals surface area (Å²) in [6.45, 7) is 1.40. The number of Topliss-reactive ketones (excluding diaryl/α,β-unsaturated/α-hetero) is 1. The van der Waals surface area contributed by atoms with Crippen molar-refractivity contribution < 1.29 is 45.4 Å². The van der Waals surface area contributed by atoms with E-state index in [2.05, 4.69) is 10.1 Å². The van der Waals surface area contributed by atoms with Crippen LogP contribution in [0.5, 0.6) is 11.5 Å². The van der Waals surface area contributed by atoms with Gasteiger partial charge in [0.25, 0.3) is 11.7 Å². The van der Waals surface area contributed by atoms with Crippen molar-refractivity contribution in [3.63, 3.8) is 0 Å². The predicted molar refractivity (Wildman–Crippen MR) is 97.4 cm³/mol. The van der Waals surface area contributed by atoms with E-state index in [1.165, 1.54) is 31.2 Å². The van der Waals surface area contributed by atoms with Gasteiger partial charge in [-0.15, -0.1) is 0 Å². The van der Waals surface area contributed by atoms with Crippen LogP contribution in [0, 0.1) is 0 Å². The van der Waals surface area contributed by atoms with E-state index < -0.39 is 35.2 Å². The Hall–Kier alpha value is -3.50. The Labute approximate surface area is 172 Å². The van der Waals surface area contributed by atoms with Crippen LogP contribution >= 0.6 is 0 Å². The minimum absolute atomic E-state index is 0.0437. The summed E-state index contributed by atoms with van der Waals surface area (Å²) < 4.78 is 85.7. The average Bonchev–Trinajstić information content (AvgIpc) is 2.68. The van der Waals surface area contributed by atoms with Crippen LogP contribution in [0.4, 0.5) is 32.0 Å². The summed E-state index contributed by atoms with van der Waals surface area (Å²) in [6, 6.07) is 9.11. The second-order valence-corrected chi connectivity index (χ2v) is 5.92. The lowest BCUT2D eigenvalue weighted by molar-refractivity contribution is -0.167. The van der Waals surface area contributed by atoms with Gasteiger partial charge in [-0.3, -0.25) is 9.59 Å². The molecule has 31 heavy (non-hydrogen) atoms. The van der Waals surface area contributed by atoms with Gasteiger partial charge >= 0.3 is 12.4 Å². The number of carbonyl (C=O) groups excluding carboxylic acids is 2. The second-order valence-electron chi connectivity index (χ2n) is 5.92. The van der Waals surface area contributed by atoms with E-state index >= 15 is 0 Å². The molecule has 0 heterocycles. The number of amides is 1. The average molecular weight is 447 g/mol. The highest BCUT2D eigenvalue weighted by Gasteiger charge is 2.43. The minimum atomic E-state index is -5.26. The van der Waals surface area contributed by atoms with Crippen LogP contribution in [0.15, 0.2) is 60.4 Å². The molecule has 1 amide bonds. The lowest BCUT2D eigenvalue weighted by Crippen LogP contribution is -2.31. The van der Waals surface area contributed by atoms with E-state index in [1.807, 2.05) is 0 Å². The summed E-state index contributed by atoms with van der Waals surface area (Å²) in [7, 11) is 0. The molecule has 2 aromatic carbocycles. The molecule has 0 bridgehead atoms. The number of anilines is 1. The van der Waals surface area contributed by atoms with Gasteiger partial charge in [-0.1, -0.05) is 0 Å². The summed E-state index contributed by atoms with van der Waals surface area (Å²) in [5, 5.41) is 2.13. The quantitative estimate of drug-likeness (QED) is 0.201. The van der Waals surface area contributed by atoms with Gasteiger partial charge in [-0.05, 0) is 55.5 Å². The van der Waals surface area contributed by atoms with Crippen molar-refractivity contribution in [3.05, 3.63) is 65.9 Å². The van der Waals surface area contributed by atoms with Crippen molar-refractivity contribution >= 4 is 17.4 Å². The number of benzene rings is 2. The van der Waals surface area contributed by atoms with Gasteiger partial charge in [0.05, 0.1) is 18.4 Å². The molecule has 2 aromatic rings. The number of halogens is 6. The van der Waals surface area contributed by atoms with Crippen LogP contribution in [0.2, 0.25) is 0 Å². The zero-order valence-electron chi connectivity index (χ0n) is 15.8. The fraction of sp³-hybridized carbons (Fsp3) is 0.200. The number of carbonyl (C=O) groups is 2. The number of ether oxygens (including phenoxy) is 2. The third-order valence-electron chi connectivity index (χ3n) is 3.64. The molecule has 0 radical (unpaired) electrons. The Balaban J connectivity index is 2.08. The van der Waals surface area contributed by atoms with E-state index in [-0.39, 0.29) is 23.8 Å². The van der Waals surface area contributed by atoms with E-state index in [1.54, 1.807) is 0 Å². The fourth-order valence-corrected chi connectivity index (χ4v) is 2.18. The smallest absolute Gasteiger partial charge is 0.455 e. The lowest BCUT2D eigenvalue weighted by atomic mass is 10.1. The van der Waals surface area contributed by atoms with Gasteiger partial charge in [-0.2, -0.15) is 26.3 Å². The first-order chi connectivity index (χ1) is 14.4. The van der Waals surface area contributed by atoms with Gasteiger partial charge in [0.15, 0.2) is 0 Å². The van der Waals surface area contributed by atoms with Crippen molar-refractivity contribution in [1.82, 2.24) is 0 Å². The Morgan fingerprint density at radius 1 is 0.903 bits per heavy atom. The number of alkyl halides is 6. The lowest BCUT2D eigenvalue weighted by Gasteiger charge is -2.11. The zero-order chi connectivity index (χ0) is 23.2. The molecule has 1 N–H and O–H groups in total. The number of ketones is 1. The summed E-state index contributed by atoms with van der Waals surface area (Å²) in [5.41, 5.74) is -2.02. The Bertz CT molecular complexity index is 948. The summed E-state index contributed by atoms with van der Waals surface area (Å²) in [6.07, 6.45) is -9.31. The fourth-order valence-electron chi connectivity index (χ4n) is 2.18. The Morgan fingerprint density at radius 3 is 1.87 bits per heavy atom. The van der Waals surface area contributed by atoms with Crippen LogP contribution in [0.25, 0.3) is 0 Å². The molecule has 0 aliphatic rings. The van der Waals surface area contributed by atoms with Gasteiger partial charge in [0.1, 0.15) is 17.1 Å². The predicted octanol–water partition coefficient (Wildman–Crippen LogP) is 5.49. The van der Waals surface area contributed by atoms with Gasteiger partial charge in [0, 0.05) is 5.69 Å². The maximum absolute atomic E-state index is 12.7. The third kappa shape index (κ3) is 6.76. The molecule has 166 valence electrons. The van der Waals surface area contributed by atoms with E-state index in [9.17, 15) is 35.9 Å². The molecular weight excluding hydrogens is 432 g/mol. The highest BCUT2D eigenvalue weighted by atomic mass is 19.4. The van der Waals surface area contributed by atoms with Crippen molar-refractivity contribution in [2.75, 3.05) is 11.9 Å². The molecule has 0 unspecified atom stereocenters. The molecule has 0 spiro atoms. The monoisotopic (exact) mass is 447 g/mol. The summed E-state index contributed by atoms with van der Waals surface area (Å²) in [4.78, 5) is 23.5. The van der Waals surface area contributed by atoms with Crippen molar-refractivity contribution in [2.24, 2.45) is 0 Å². The molecule has 0 aliphatic carbocycles. The van der Waals surface area contributed by atoms with E-state index in [0.717, 1.165) is 24.3 Å². The second kappa shape index (κ2) is 9.54. The van der Waals surface area contributed by atoms with Gasteiger partial charge < -0.3 is 14.8 Å². The van der Waals surface area contributed by atoms with E-state index in [4.69, 9.17) is 4.74 Å². The Kier molecular flexibility index (Phi) is 7.32. The molecule has 0 atom stereocenters. The number of nitrogens with one attached hydrogen (secondary N) is 1. The van der Waals surface area contributed by atoms with Crippen LogP contribution in [-0.4, -0.2) is 24.5 Å². The maximum atomic E-state index is 12.7. The number of hydrogen-bond acceptors (Lipinski definition) is 4. The van der Waals surface area contributed by atoms with Crippen molar-refractivity contribution in [3.8, 4) is 11.5 Å². The first kappa shape index (κ1) is 23.8. The molecular formula is C20H15F6NO4. The number of rotatable bonds is 7. The van der Waals surface area contributed by atoms with Gasteiger partial charge in [-0.25, -0.2) is 0 Å². The Morgan fingerprint density at radius 2 is 1.42 bits per heavy atom. The topological polar surface area (TPSA) is 64.6 Å². The molecule has 0 saturated heterocycles. The van der Waals surface area contributed by atoms with Crippen LogP contribution in [0.3, 0.4) is 0 Å². The normalized spacial score (nSPS) is 12.3. The van der Waals surface area contributed by atoms with Crippen molar-refractivity contribution in [2.45, 2.75) is 19.3 Å². The molecule has 2 rings (SSSR count). The van der Waals surface area contributed by atoms with E-state index in [0.29, 0.717) is 6.26 Å². The SMILES string of the molecule is CCOC=C(C(=O)Nc1ccc(Oc2ccc(C(F)(F)F)cc2)cc1)C(=O)C(F)(F)F. The highest BCUT2D eigenvalue weighted by Crippen LogP contribution is 2.31. The standard InChI is InChI=1S/C20H15F6NO4/c1-2-30-11-16(17(28)20(24,25)26)18(29)27-13-5-9-15(10-6-13)31-14-7-3-12(4-8-14)19(21,22)23/h3-11H,2H2,1H3,(H,27,29). The first-order valence-corrected chi connectivity index (χ1v) is 8.61. The summed E-state index contributed by atoms with van der Waals surface area (Å²) in [5.74, 6) is -3.38. The largest absolute Gasteiger partial charge is 0.501 e. The molecule has 5 nitrogen and oxygen atoms in total. The van der Waals surface area contributed by atoms with Crippen LogP contribution in [0.1, 0.15) is 12.5 Å². The van der Waals surface area contributed by atoms with Crippen molar-refractivity contribution in [1.29, 1.82) is 0 Å². The van der Waals surface area contributed by atoms with Crippen LogP contribution < -0.4 is 10.1 Å². The molecule has 0 fully saturated rings. The summed E-state index contributed by atoms with van der Waals surface area (Å²) >= 11 is 0. The molecule has 0 aromatic heterocycles. The molecule has 0 saturated carbocycles. The number of hydrogen-bond donors (Lipinski definition) is 1. The third-order valence-corrected chi connectivity index (χ3v) is 3.64. The molecule has 0 aliphatic heterocycles. The minimum Gasteiger partial charge on any atom is -0.501 e. The first-order valence-electron chi connectivity index (χ1n) is 8.61. The van der Waals surface area contributed by atoms with Crippen LogP contribution in [-0.2, 0) is 20.5 Å². The maximum Gasteiger partial charge on any atom is 0.455 e.